The molecule has 2 aromatic carbocycles. The van der Waals surface area contributed by atoms with Crippen LogP contribution in [0, 0.1) is 5.92 Å². The first-order valence-electron chi connectivity index (χ1n) is 11.6. The topological polar surface area (TPSA) is 114 Å². The fourth-order valence-electron chi connectivity index (χ4n) is 4.98. The van der Waals surface area contributed by atoms with Gasteiger partial charge in [0, 0.05) is 19.1 Å². The van der Waals surface area contributed by atoms with Gasteiger partial charge in [0.2, 0.25) is 5.91 Å². The molecule has 0 heterocycles. The van der Waals surface area contributed by atoms with Gasteiger partial charge in [0.15, 0.2) is 0 Å². The van der Waals surface area contributed by atoms with Gasteiger partial charge in [0.1, 0.15) is 12.6 Å². The lowest BCUT2D eigenvalue weighted by Crippen LogP contribution is -2.52. The summed E-state index contributed by atoms with van der Waals surface area (Å²) in [6.07, 6.45) is 1.73. The molecule has 0 aromatic heterocycles. The van der Waals surface area contributed by atoms with E-state index in [0.717, 1.165) is 28.7 Å². The lowest BCUT2D eigenvalue weighted by atomic mass is 9.85. The highest BCUT2D eigenvalue weighted by Gasteiger charge is 2.32. The minimum Gasteiger partial charge on any atom is -0.481 e. The maximum absolute atomic E-state index is 12.8. The Balaban J connectivity index is 1.35. The number of amides is 2. The molecule has 0 saturated heterocycles. The first-order valence-corrected chi connectivity index (χ1v) is 11.6. The van der Waals surface area contributed by atoms with Crippen LogP contribution in [-0.4, -0.2) is 55.5 Å². The van der Waals surface area contributed by atoms with Crippen LogP contribution in [0.2, 0.25) is 0 Å². The van der Waals surface area contributed by atoms with E-state index in [1.165, 1.54) is 7.11 Å². The van der Waals surface area contributed by atoms with Crippen LogP contribution < -0.4 is 10.6 Å². The van der Waals surface area contributed by atoms with E-state index in [-0.39, 0.29) is 25.2 Å². The van der Waals surface area contributed by atoms with Gasteiger partial charge in [-0.15, -0.1) is 0 Å². The van der Waals surface area contributed by atoms with E-state index in [0.29, 0.717) is 19.3 Å². The number of carboxylic acids is 1. The molecule has 0 spiro atoms. The highest BCUT2D eigenvalue weighted by molar-refractivity contribution is 5.86. The molecule has 2 amide bonds. The molecule has 0 unspecified atom stereocenters. The number of methoxy groups -OCH3 is 1. The van der Waals surface area contributed by atoms with Crippen LogP contribution in [0.1, 0.15) is 42.7 Å². The van der Waals surface area contributed by atoms with Crippen molar-refractivity contribution in [1.82, 2.24) is 10.6 Å². The lowest BCUT2D eigenvalue weighted by molar-refractivity contribution is -0.143. The fourth-order valence-corrected chi connectivity index (χ4v) is 4.98. The Bertz CT molecular complexity index is 1010. The number of benzene rings is 2. The molecule has 2 aliphatic carbocycles. The van der Waals surface area contributed by atoms with E-state index >= 15 is 0 Å². The van der Waals surface area contributed by atoms with Crippen LogP contribution >= 0.6 is 0 Å². The molecule has 0 radical (unpaired) electrons. The zero-order chi connectivity index (χ0) is 24.1. The molecule has 180 valence electrons. The Labute approximate surface area is 198 Å². The Hall–Kier alpha value is -3.39. The highest BCUT2D eigenvalue weighted by Crippen LogP contribution is 2.44. The lowest BCUT2D eigenvalue weighted by Gasteiger charge is -2.29. The molecule has 0 bridgehead atoms. The van der Waals surface area contributed by atoms with Gasteiger partial charge in [-0.05, 0) is 41.5 Å². The summed E-state index contributed by atoms with van der Waals surface area (Å²) < 4.78 is 10.7. The van der Waals surface area contributed by atoms with E-state index in [2.05, 4.69) is 22.8 Å². The van der Waals surface area contributed by atoms with E-state index in [4.69, 9.17) is 9.47 Å². The largest absolute Gasteiger partial charge is 0.481 e. The molecular weight excluding hydrogens is 436 g/mol. The third-order valence-corrected chi connectivity index (χ3v) is 6.66. The Morgan fingerprint density at radius 2 is 1.68 bits per heavy atom. The molecular formula is C26H30N2O6. The highest BCUT2D eigenvalue weighted by atomic mass is 16.5. The van der Waals surface area contributed by atoms with Crippen molar-refractivity contribution < 1.29 is 29.0 Å². The number of nitrogens with one attached hydrogen (secondary N) is 2. The van der Waals surface area contributed by atoms with Crippen molar-refractivity contribution in [2.75, 3.05) is 20.3 Å². The second kappa shape index (κ2) is 10.7. The Morgan fingerprint density at radius 3 is 2.29 bits per heavy atom. The first-order chi connectivity index (χ1) is 16.5. The van der Waals surface area contributed by atoms with Gasteiger partial charge < -0.3 is 25.2 Å². The smallest absolute Gasteiger partial charge is 0.407 e. The number of carbonyl (C=O) groups excluding carboxylic acids is 2. The second-order valence-electron chi connectivity index (χ2n) is 8.89. The fraction of sp³-hybridized carbons (Fsp3) is 0.423. The number of rotatable bonds is 8. The normalized spacial score (nSPS) is 20.0. The summed E-state index contributed by atoms with van der Waals surface area (Å²) in [6.45, 7) is 0.120. The number of alkyl carbamates (subject to hydrolysis) is 1. The number of fused-ring (bicyclic) bond motifs is 3. The van der Waals surface area contributed by atoms with Gasteiger partial charge in [-0.1, -0.05) is 55.0 Å². The zero-order valence-electron chi connectivity index (χ0n) is 19.2. The average molecular weight is 467 g/mol. The molecule has 3 atom stereocenters. The van der Waals surface area contributed by atoms with Crippen molar-refractivity contribution in [3.8, 4) is 11.1 Å². The quantitative estimate of drug-likeness (QED) is 0.550. The molecule has 2 aliphatic rings. The number of hydrogen-bond acceptors (Lipinski definition) is 5. The summed E-state index contributed by atoms with van der Waals surface area (Å²) >= 11 is 0. The van der Waals surface area contributed by atoms with E-state index < -0.39 is 29.9 Å². The van der Waals surface area contributed by atoms with Gasteiger partial charge >= 0.3 is 12.1 Å². The van der Waals surface area contributed by atoms with Crippen molar-refractivity contribution in [1.29, 1.82) is 0 Å². The number of carbonyl (C=O) groups is 3. The van der Waals surface area contributed by atoms with Gasteiger partial charge in [-0.2, -0.15) is 0 Å². The molecule has 8 nitrogen and oxygen atoms in total. The average Bonchev–Trinajstić information content (AvgIpc) is 3.16. The number of aliphatic carboxylic acids is 1. The Kier molecular flexibility index (Phi) is 7.47. The summed E-state index contributed by atoms with van der Waals surface area (Å²) in [5, 5.41) is 14.7. The maximum atomic E-state index is 12.8. The second-order valence-corrected chi connectivity index (χ2v) is 8.89. The van der Waals surface area contributed by atoms with Crippen LogP contribution in [0.4, 0.5) is 4.79 Å². The molecule has 8 heteroatoms. The van der Waals surface area contributed by atoms with Crippen LogP contribution in [0.25, 0.3) is 11.1 Å². The Morgan fingerprint density at radius 1 is 1.03 bits per heavy atom. The molecule has 1 saturated carbocycles. The SMILES string of the molecule is COC[C@H](NC(=O)OCC1c2ccccc2-c2ccccc21)C(=O)N[C@@H]1CCC[C@H](C(=O)O)C1. The van der Waals surface area contributed by atoms with Crippen molar-refractivity contribution >= 4 is 18.0 Å². The monoisotopic (exact) mass is 466 g/mol. The third-order valence-electron chi connectivity index (χ3n) is 6.66. The molecule has 34 heavy (non-hydrogen) atoms. The van der Waals surface area contributed by atoms with Gasteiger partial charge in [-0.25, -0.2) is 4.79 Å². The molecule has 3 N–H and O–H groups in total. The zero-order valence-corrected chi connectivity index (χ0v) is 19.2. The first kappa shape index (κ1) is 23.8. The molecule has 2 aromatic rings. The number of hydrogen-bond donors (Lipinski definition) is 3. The van der Waals surface area contributed by atoms with Gasteiger partial charge in [0.25, 0.3) is 0 Å². The maximum Gasteiger partial charge on any atom is 0.407 e. The summed E-state index contributed by atoms with van der Waals surface area (Å²) in [5.74, 6) is -1.80. The summed E-state index contributed by atoms with van der Waals surface area (Å²) in [4.78, 5) is 36.7. The standard InChI is InChI=1S/C26H30N2O6/c1-33-15-23(24(29)27-17-8-6-7-16(13-17)25(30)31)28-26(32)34-14-22-20-11-4-2-9-18(20)19-10-3-5-12-21(19)22/h2-5,9-12,16-17,22-23H,6-8,13-15H2,1H3,(H,27,29)(H,28,32)(H,30,31)/t16-,17+,23-/m0/s1. The minimum atomic E-state index is -0.939. The summed E-state index contributed by atoms with van der Waals surface area (Å²) in [5.41, 5.74) is 4.48. The van der Waals surface area contributed by atoms with Crippen molar-refractivity contribution in [3.63, 3.8) is 0 Å². The molecule has 4 rings (SSSR count). The third kappa shape index (κ3) is 5.22. The van der Waals surface area contributed by atoms with E-state index in [9.17, 15) is 19.5 Å². The van der Waals surface area contributed by atoms with E-state index in [1.54, 1.807) is 0 Å². The minimum absolute atomic E-state index is 0.0227. The van der Waals surface area contributed by atoms with Crippen LogP contribution in [0.3, 0.4) is 0 Å². The van der Waals surface area contributed by atoms with Crippen molar-refractivity contribution in [2.24, 2.45) is 5.92 Å². The number of ether oxygens (including phenoxy) is 2. The molecule has 0 aliphatic heterocycles. The van der Waals surface area contributed by atoms with E-state index in [1.807, 2.05) is 36.4 Å². The van der Waals surface area contributed by atoms with Crippen LogP contribution in [-0.2, 0) is 19.1 Å². The number of carboxylic acid groups (broad SMARTS) is 1. The summed E-state index contributed by atoms with van der Waals surface area (Å²) in [6, 6.07) is 14.9. The predicted molar refractivity (Wildman–Crippen MR) is 125 cm³/mol. The predicted octanol–water partition coefficient (Wildman–Crippen LogP) is 3.30. The van der Waals surface area contributed by atoms with Crippen molar-refractivity contribution in [3.05, 3.63) is 59.7 Å². The molecule has 1 fully saturated rings. The summed E-state index contributed by atoms with van der Waals surface area (Å²) in [7, 11) is 1.45. The van der Waals surface area contributed by atoms with Gasteiger partial charge in [0.05, 0.1) is 12.5 Å². The van der Waals surface area contributed by atoms with Gasteiger partial charge in [-0.3, -0.25) is 9.59 Å². The van der Waals surface area contributed by atoms with Crippen LogP contribution in [0.5, 0.6) is 0 Å². The van der Waals surface area contributed by atoms with Crippen LogP contribution in [0.15, 0.2) is 48.5 Å². The van der Waals surface area contributed by atoms with Crippen molar-refractivity contribution in [2.45, 2.75) is 43.7 Å².